The van der Waals surface area contributed by atoms with Crippen LogP contribution in [0.25, 0.3) is 0 Å². The first kappa shape index (κ1) is 24.7. The Bertz CT molecular complexity index is 370. The predicted molar refractivity (Wildman–Crippen MR) is 98.2 cm³/mol. The van der Waals surface area contributed by atoms with Crippen molar-refractivity contribution >= 4 is 36.6 Å². The van der Waals surface area contributed by atoms with Crippen LogP contribution in [0, 0.1) is 11.8 Å². The number of rotatable bonds is 6. The molecule has 1 rings (SSSR count). The third kappa shape index (κ3) is 8.74. The zero-order valence-corrected chi connectivity index (χ0v) is 16.2. The van der Waals surface area contributed by atoms with Gasteiger partial charge in [-0.25, -0.2) is 0 Å². The molecule has 0 bridgehead atoms. The summed E-state index contributed by atoms with van der Waals surface area (Å²) in [6, 6.07) is 0. The standard InChI is InChI=1S/C15H30N4O2.2ClH/c1-11-5-12(2)9-19(8-11)15(3,4)10-18-14(21)7-17-13(20)6-16;;/h11-12H,5-10,16H2,1-4H3,(H,17,20)(H,18,21);2*1H. The number of carbonyl (C=O) groups excluding carboxylic acids is 2. The summed E-state index contributed by atoms with van der Waals surface area (Å²) in [6.45, 7) is 11.5. The Labute approximate surface area is 152 Å². The van der Waals surface area contributed by atoms with Gasteiger partial charge in [-0.3, -0.25) is 14.5 Å². The van der Waals surface area contributed by atoms with Crippen molar-refractivity contribution in [3.63, 3.8) is 0 Å². The molecule has 0 aromatic carbocycles. The van der Waals surface area contributed by atoms with E-state index in [1.54, 1.807) is 0 Å². The monoisotopic (exact) mass is 370 g/mol. The Morgan fingerprint density at radius 1 is 1.09 bits per heavy atom. The summed E-state index contributed by atoms with van der Waals surface area (Å²) >= 11 is 0. The van der Waals surface area contributed by atoms with Crippen LogP contribution < -0.4 is 16.4 Å². The van der Waals surface area contributed by atoms with Gasteiger partial charge in [0.2, 0.25) is 11.8 Å². The summed E-state index contributed by atoms with van der Waals surface area (Å²) in [5.41, 5.74) is 5.09. The van der Waals surface area contributed by atoms with Crippen LogP contribution in [0.4, 0.5) is 0 Å². The molecule has 138 valence electrons. The number of hydrogen-bond donors (Lipinski definition) is 3. The molecule has 0 aliphatic carbocycles. The number of nitrogens with two attached hydrogens (primary N) is 1. The van der Waals surface area contributed by atoms with E-state index in [-0.39, 0.29) is 55.3 Å². The van der Waals surface area contributed by atoms with Crippen LogP contribution in [-0.4, -0.2) is 55.0 Å². The maximum Gasteiger partial charge on any atom is 0.239 e. The minimum absolute atomic E-state index is 0. The summed E-state index contributed by atoms with van der Waals surface area (Å²) in [7, 11) is 0. The van der Waals surface area contributed by atoms with Crippen molar-refractivity contribution in [1.29, 1.82) is 0 Å². The highest BCUT2D eigenvalue weighted by Gasteiger charge is 2.32. The molecule has 0 aromatic heterocycles. The van der Waals surface area contributed by atoms with Gasteiger partial charge in [0.25, 0.3) is 0 Å². The Kier molecular flexibility index (Phi) is 11.9. The molecule has 23 heavy (non-hydrogen) atoms. The van der Waals surface area contributed by atoms with Crippen molar-refractivity contribution in [3.8, 4) is 0 Å². The number of amides is 2. The Hall–Kier alpha value is -0.560. The fourth-order valence-corrected chi connectivity index (χ4v) is 2.90. The lowest BCUT2D eigenvalue weighted by atomic mass is 9.88. The first-order valence-electron chi connectivity index (χ1n) is 7.73. The largest absolute Gasteiger partial charge is 0.353 e. The van der Waals surface area contributed by atoms with Crippen LogP contribution in [0.15, 0.2) is 0 Å². The Morgan fingerprint density at radius 3 is 2.09 bits per heavy atom. The molecule has 8 heteroatoms. The average Bonchev–Trinajstić information content (AvgIpc) is 2.41. The summed E-state index contributed by atoms with van der Waals surface area (Å²) < 4.78 is 0. The normalized spacial score (nSPS) is 21.6. The molecule has 0 saturated carbocycles. The second-order valence-corrected chi connectivity index (χ2v) is 6.92. The van der Waals surface area contributed by atoms with Crippen LogP contribution in [0.2, 0.25) is 0 Å². The van der Waals surface area contributed by atoms with Crippen LogP contribution in [0.1, 0.15) is 34.1 Å². The zero-order chi connectivity index (χ0) is 16.0. The molecule has 4 N–H and O–H groups in total. The van der Waals surface area contributed by atoms with Gasteiger partial charge in [-0.1, -0.05) is 13.8 Å². The number of likely N-dealkylation sites (tertiary alicyclic amines) is 1. The van der Waals surface area contributed by atoms with Crippen molar-refractivity contribution in [1.82, 2.24) is 15.5 Å². The number of piperidine rings is 1. The number of halogens is 2. The lowest BCUT2D eigenvalue weighted by Gasteiger charge is -2.45. The third-order valence-corrected chi connectivity index (χ3v) is 4.07. The molecule has 0 spiro atoms. The van der Waals surface area contributed by atoms with Gasteiger partial charge in [0.1, 0.15) is 0 Å². The maximum absolute atomic E-state index is 11.7. The lowest BCUT2D eigenvalue weighted by molar-refractivity contribution is -0.125. The highest BCUT2D eigenvalue weighted by molar-refractivity contribution is 5.86. The molecule has 0 radical (unpaired) electrons. The highest BCUT2D eigenvalue weighted by atomic mass is 35.5. The van der Waals surface area contributed by atoms with E-state index in [0.29, 0.717) is 18.4 Å². The van der Waals surface area contributed by atoms with Crippen LogP contribution in [0.3, 0.4) is 0 Å². The molecule has 1 saturated heterocycles. The van der Waals surface area contributed by atoms with Crippen LogP contribution in [-0.2, 0) is 9.59 Å². The first-order valence-corrected chi connectivity index (χ1v) is 7.73. The van der Waals surface area contributed by atoms with Crippen molar-refractivity contribution in [3.05, 3.63) is 0 Å². The van der Waals surface area contributed by atoms with Gasteiger partial charge in [-0.15, -0.1) is 24.8 Å². The molecule has 2 unspecified atom stereocenters. The minimum Gasteiger partial charge on any atom is -0.353 e. The Morgan fingerprint density at radius 2 is 1.61 bits per heavy atom. The maximum atomic E-state index is 11.7. The molecule has 2 atom stereocenters. The Balaban J connectivity index is 0. The molecule has 1 aliphatic heterocycles. The van der Waals surface area contributed by atoms with Crippen molar-refractivity contribution in [2.75, 3.05) is 32.7 Å². The number of carbonyl (C=O) groups is 2. The van der Waals surface area contributed by atoms with Gasteiger partial charge < -0.3 is 16.4 Å². The predicted octanol–water partition coefficient (Wildman–Crippen LogP) is 0.778. The molecule has 1 aliphatic rings. The molecule has 0 aromatic rings. The van der Waals surface area contributed by atoms with E-state index in [1.807, 2.05) is 0 Å². The summed E-state index contributed by atoms with van der Waals surface area (Å²) in [5, 5.41) is 5.37. The molecule has 6 nitrogen and oxygen atoms in total. The number of nitrogens with one attached hydrogen (secondary N) is 2. The van der Waals surface area contributed by atoms with Crippen molar-refractivity contribution < 1.29 is 9.59 Å². The van der Waals surface area contributed by atoms with Gasteiger partial charge in [0.05, 0.1) is 13.1 Å². The first-order chi connectivity index (χ1) is 9.74. The van der Waals surface area contributed by atoms with E-state index in [0.717, 1.165) is 13.1 Å². The summed E-state index contributed by atoms with van der Waals surface area (Å²) in [6.07, 6.45) is 1.27. The quantitative estimate of drug-likeness (QED) is 0.644. The topological polar surface area (TPSA) is 87.5 Å². The smallest absolute Gasteiger partial charge is 0.239 e. The van der Waals surface area contributed by atoms with Gasteiger partial charge in [0, 0.05) is 25.2 Å². The van der Waals surface area contributed by atoms with Crippen molar-refractivity contribution in [2.45, 2.75) is 39.7 Å². The van der Waals surface area contributed by atoms with E-state index in [4.69, 9.17) is 5.73 Å². The molecular weight excluding hydrogens is 339 g/mol. The summed E-state index contributed by atoms with van der Waals surface area (Å²) in [5.74, 6) is 0.881. The van der Waals surface area contributed by atoms with Gasteiger partial charge in [-0.2, -0.15) is 0 Å². The average molecular weight is 371 g/mol. The second kappa shape index (κ2) is 11.1. The molecule has 2 amide bonds. The van der Waals surface area contributed by atoms with E-state index < -0.39 is 0 Å². The highest BCUT2D eigenvalue weighted by Crippen LogP contribution is 2.26. The van der Waals surface area contributed by atoms with Gasteiger partial charge in [0.15, 0.2) is 0 Å². The zero-order valence-electron chi connectivity index (χ0n) is 14.6. The van der Waals surface area contributed by atoms with Gasteiger partial charge in [-0.05, 0) is 32.1 Å². The van der Waals surface area contributed by atoms with Crippen LogP contribution >= 0.6 is 24.8 Å². The fourth-order valence-electron chi connectivity index (χ4n) is 2.90. The second-order valence-electron chi connectivity index (χ2n) is 6.92. The number of hydrogen-bond acceptors (Lipinski definition) is 4. The molecular formula is C15H32Cl2N4O2. The van der Waals surface area contributed by atoms with Crippen molar-refractivity contribution in [2.24, 2.45) is 17.6 Å². The van der Waals surface area contributed by atoms with E-state index in [2.05, 4.69) is 43.2 Å². The van der Waals surface area contributed by atoms with Gasteiger partial charge >= 0.3 is 0 Å². The lowest BCUT2D eigenvalue weighted by Crippen LogP contribution is -2.56. The molecule has 1 fully saturated rings. The third-order valence-electron chi connectivity index (χ3n) is 4.07. The SMILES string of the molecule is CC1CC(C)CN(C(C)(C)CNC(=O)CNC(=O)CN)C1.Cl.Cl. The minimum atomic E-state index is -0.317. The summed E-state index contributed by atoms with van der Waals surface area (Å²) in [4.78, 5) is 25.2. The van der Waals surface area contributed by atoms with E-state index >= 15 is 0 Å². The molecule has 1 heterocycles. The van der Waals surface area contributed by atoms with Crippen LogP contribution in [0.5, 0.6) is 0 Å². The fraction of sp³-hybridized carbons (Fsp3) is 0.867. The number of nitrogens with zero attached hydrogens (tertiary/aromatic N) is 1. The van der Waals surface area contributed by atoms with E-state index in [1.165, 1.54) is 6.42 Å². The van der Waals surface area contributed by atoms with E-state index in [9.17, 15) is 9.59 Å².